The number of fused-ring (bicyclic) bond motifs is 1. The Hall–Kier alpha value is -2.86. The van der Waals surface area contributed by atoms with E-state index >= 15 is 0 Å². The van der Waals surface area contributed by atoms with Crippen molar-refractivity contribution in [2.45, 2.75) is 44.5 Å². The fourth-order valence-electron chi connectivity index (χ4n) is 4.83. The molecular weight excluding hydrogens is 416 g/mol. The third-order valence-electron chi connectivity index (χ3n) is 6.58. The zero-order valence-electron chi connectivity index (χ0n) is 18.9. The highest BCUT2D eigenvalue weighted by Gasteiger charge is 2.30. The van der Waals surface area contributed by atoms with Crippen molar-refractivity contribution in [1.82, 2.24) is 0 Å². The summed E-state index contributed by atoms with van der Waals surface area (Å²) in [4.78, 5) is 0. The highest BCUT2D eigenvalue weighted by molar-refractivity contribution is 5.70. The Morgan fingerprint density at radius 1 is 0.909 bits per heavy atom. The fourth-order valence-corrected chi connectivity index (χ4v) is 4.83. The van der Waals surface area contributed by atoms with Crippen LogP contribution in [0, 0.1) is 6.92 Å². The van der Waals surface area contributed by atoms with E-state index in [0.717, 1.165) is 40.2 Å². The average molecular weight is 447 g/mol. The highest BCUT2D eigenvalue weighted by atomic mass is 16.6. The van der Waals surface area contributed by atoms with Crippen molar-refractivity contribution < 1.29 is 24.4 Å². The first-order valence-corrected chi connectivity index (χ1v) is 11.6. The van der Waals surface area contributed by atoms with Gasteiger partial charge < -0.3 is 24.4 Å². The quantitative estimate of drug-likeness (QED) is 0.600. The Morgan fingerprint density at radius 3 is 2.48 bits per heavy atom. The van der Waals surface area contributed by atoms with Gasteiger partial charge in [-0.2, -0.15) is 0 Å². The average Bonchev–Trinajstić information content (AvgIpc) is 2.85. The second kappa shape index (κ2) is 9.56. The lowest BCUT2D eigenvalue weighted by Gasteiger charge is -2.33. The van der Waals surface area contributed by atoms with Gasteiger partial charge in [0, 0.05) is 12.8 Å². The molecule has 0 radical (unpaired) electrons. The van der Waals surface area contributed by atoms with Crippen LogP contribution in [0.15, 0.2) is 60.7 Å². The summed E-state index contributed by atoms with van der Waals surface area (Å²) in [7, 11) is 0. The molecule has 5 rings (SSSR count). The Bertz CT molecular complexity index is 1110. The molecule has 2 N–H and O–H groups in total. The van der Waals surface area contributed by atoms with Crippen LogP contribution in [0.3, 0.4) is 0 Å². The molecule has 2 aliphatic heterocycles. The van der Waals surface area contributed by atoms with Crippen LogP contribution in [0.5, 0.6) is 11.5 Å². The Morgan fingerprint density at radius 2 is 1.70 bits per heavy atom. The van der Waals surface area contributed by atoms with Gasteiger partial charge in [-0.1, -0.05) is 42.5 Å². The maximum atomic E-state index is 10.4. The third kappa shape index (κ3) is 4.76. The number of benzene rings is 3. The molecule has 172 valence electrons. The summed E-state index contributed by atoms with van der Waals surface area (Å²) in [5, 5.41) is 20.0. The SMILES string of the molecule is Cc1c(Cc2ccc3c(c2)OCCO3)cc(C2CC(O)CC(CO)O2)cc1-c1ccccc1. The minimum absolute atomic E-state index is 0.0883. The van der Waals surface area contributed by atoms with E-state index in [4.69, 9.17) is 14.2 Å². The van der Waals surface area contributed by atoms with Gasteiger partial charge >= 0.3 is 0 Å². The Balaban J connectivity index is 1.54. The van der Waals surface area contributed by atoms with Crippen LogP contribution in [0.4, 0.5) is 0 Å². The van der Waals surface area contributed by atoms with E-state index in [1.807, 2.05) is 24.3 Å². The molecule has 3 aromatic carbocycles. The summed E-state index contributed by atoms with van der Waals surface area (Å²) in [6, 6.07) is 20.8. The van der Waals surface area contributed by atoms with E-state index in [0.29, 0.717) is 26.1 Å². The lowest BCUT2D eigenvalue weighted by atomic mass is 9.87. The molecule has 0 saturated carbocycles. The molecule has 3 aromatic rings. The number of ether oxygens (including phenoxy) is 3. The molecule has 5 heteroatoms. The maximum absolute atomic E-state index is 10.4. The van der Waals surface area contributed by atoms with Crippen LogP contribution in [-0.2, 0) is 11.2 Å². The van der Waals surface area contributed by atoms with Crippen molar-refractivity contribution in [2.75, 3.05) is 19.8 Å². The van der Waals surface area contributed by atoms with Gasteiger partial charge in [0.25, 0.3) is 0 Å². The van der Waals surface area contributed by atoms with Gasteiger partial charge in [-0.15, -0.1) is 0 Å². The molecule has 5 nitrogen and oxygen atoms in total. The lowest BCUT2D eigenvalue weighted by Crippen LogP contribution is -2.33. The zero-order valence-corrected chi connectivity index (χ0v) is 18.9. The van der Waals surface area contributed by atoms with Gasteiger partial charge in [0.2, 0.25) is 0 Å². The molecule has 1 fully saturated rings. The van der Waals surface area contributed by atoms with Crippen molar-refractivity contribution in [2.24, 2.45) is 0 Å². The van der Waals surface area contributed by atoms with Crippen LogP contribution in [0.1, 0.15) is 41.2 Å². The molecule has 33 heavy (non-hydrogen) atoms. The predicted octanol–water partition coefficient (Wildman–Crippen LogP) is 4.60. The Labute approximate surface area is 194 Å². The van der Waals surface area contributed by atoms with Crippen molar-refractivity contribution in [3.8, 4) is 22.6 Å². The number of aliphatic hydroxyl groups excluding tert-OH is 2. The van der Waals surface area contributed by atoms with E-state index in [2.05, 4.69) is 43.3 Å². The molecule has 1 saturated heterocycles. The minimum Gasteiger partial charge on any atom is -0.486 e. The molecule has 2 heterocycles. The number of hydrogen-bond donors (Lipinski definition) is 2. The smallest absolute Gasteiger partial charge is 0.161 e. The Kier molecular flexibility index (Phi) is 6.36. The summed E-state index contributed by atoms with van der Waals surface area (Å²) in [6.07, 6.45) is 0.652. The third-order valence-corrected chi connectivity index (χ3v) is 6.58. The molecule has 3 atom stereocenters. The van der Waals surface area contributed by atoms with Crippen molar-refractivity contribution in [1.29, 1.82) is 0 Å². The van der Waals surface area contributed by atoms with E-state index < -0.39 is 6.10 Å². The zero-order chi connectivity index (χ0) is 22.8. The summed E-state index contributed by atoms with van der Waals surface area (Å²) in [6.45, 7) is 3.22. The summed E-state index contributed by atoms with van der Waals surface area (Å²) in [5.41, 5.74) is 6.91. The first-order valence-electron chi connectivity index (χ1n) is 11.6. The number of rotatable bonds is 5. The van der Waals surface area contributed by atoms with Crippen LogP contribution in [-0.4, -0.2) is 42.2 Å². The van der Waals surface area contributed by atoms with Crippen molar-refractivity contribution in [3.63, 3.8) is 0 Å². The van der Waals surface area contributed by atoms with Crippen LogP contribution in [0.25, 0.3) is 11.1 Å². The van der Waals surface area contributed by atoms with E-state index in [1.54, 1.807) is 0 Å². The second-order valence-corrected chi connectivity index (χ2v) is 8.93. The lowest BCUT2D eigenvalue weighted by molar-refractivity contribution is -0.113. The van der Waals surface area contributed by atoms with Crippen LogP contribution < -0.4 is 9.47 Å². The van der Waals surface area contributed by atoms with Crippen LogP contribution in [0.2, 0.25) is 0 Å². The van der Waals surface area contributed by atoms with Gasteiger partial charge in [0.1, 0.15) is 13.2 Å². The van der Waals surface area contributed by atoms with Gasteiger partial charge in [-0.25, -0.2) is 0 Å². The van der Waals surface area contributed by atoms with Gasteiger partial charge in [-0.05, 0) is 64.9 Å². The van der Waals surface area contributed by atoms with E-state index in [9.17, 15) is 10.2 Å². The van der Waals surface area contributed by atoms with Gasteiger partial charge in [0.15, 0.2) is 11.5 Å². The van der Waals surface area contributed by atoms with E-state index in [1.165, 1.54) is 11.1 Å². The van der Waals surface area contributed by atoms with Gasteiger partial charge in [-0.3, -0.25) is 0 Å². The summed E-state index contributed by atoms with van der Waals surface area (Å²) in [5.74, 6) is 1.58. The van der Waals surface area contributed by atoms with Crippen LogP contribution >= 0.6 is 0 Å². The number of aliphatic hydroxyl groups is 2. The molecule has 2 aliphatic rings. The molecule has 0 aliphatic carbocycles. The summed E-state index contributed by atoms with van der Waals surface area (Å²) < 4.78 is 17.6. The van der Waals surface area contributed by atoms with Gasteiger partial charge in [0.05, 0.1) is 24.9 Å². The molecule has 0 bridgehead atoms. The standard InChI is InChI=1S/C28H30O5/c1-18-21(11-19-7-8-26-28(12-19)32-10-9-31-26)13-22(14-25(18)20-5-3-2-4-6-20)27-16-23(30)15-24(17-29)33-27/h2-8,12-14,23-24,27,29-30H,9-11,15-17H2,1H3. The number of hydrogen-bond acceptors (Lipinski definition) is 5. The molecule has 0 amide bonds. The van der Waals surface area contributed by atoms with Crippen molar-refractivity contribution in [3.05, 3.63) is 82.9 Å². The largest absolute Gasteiger partial charge is 0.486 e. The molecule has 0 aromatic heterocycles. The van der Waals surface area contributed by atoms with E-state index in [-0.39, 0.29) is 18.8 Å². The maximum Gasteiger partial charge on any atom is 0.161 e. The minimum atomic E-state index is -0.483. The molecule has 3 unspecified atom stereocenters. The molecular formula is C28H30O5. The predicted molar refractivity (Wildman–Crippen MR) is 127 cm³/mol. The highest BCUT2D eigenvalue weighted by Crippen LogP contribution is 2.38. The first kappa shape index (κ1) is 22.0. The van der Waals surface area contributed by atoms with Crippen molar-refractivity contribution >= 4 is 0 Å². The normalized spacial score (nSPS) is 22.2. The summed E-state index contributed by atoms with van der Waals surface area (Å²) >= 11 is 0. The second-order valence-electron chi connectivity index (χ2n) is 8.93. The first-order chi connectivity index (χ1) is 16.1. The topological polar surface area (TPSA) is 68.2 Å². The molecule has 0 spiro atoms. The fraction of sp³-hybridized carbons (Fsp3) is 0.357. The monoisotopic (exact) mass is 446 g/mol.